The summed E-state index contributed by atoms with van der Waals surface area (Å²) >= 11 is 0. The third kappa shape index (κ3) is 5.40. The molecule has 1 atom stereocenters. The predicted octanol–water partition coefficient (Wildman–Crippen LogP) is 1.06. The smallest absolute Gasteiger partial charge is 0.314 e. The topological polar surface area (TPSA) is 67.4 Å². The highest BCUT2D eigenvalue weighted by atomic mass is 16.5. The van der Waals surface area contributed by atoms with E-state index < -0.39 is 0 Å². The zero-order chi connectivity index (χ0) is 14.8. The number of esters is 1. The maximum Gasteiger partial charge on any atom is 0.314 e. The first-order chi connectivity index (χ1) is 9.69. The molecule has 0 aromatic heterocycles. The maximum atomic E-state index is 11.8. The highest BCUT2D eigenvalue weighted by Crippen LogP contribution is 2.16. The van der Waals surface area contributed by atoms with Crippen molar-refractivity contribution in [3.63, 3.8) is 0 Å². The second-order valence-electron chi connectivity index (χ2n) is 4.39. The van der Waals surface area contributed by atoms with Gasteiger partial charge in [-0.1, -0.05) is 30.3 Å². The standard InChI is InChI=1S/C15H22N2O3/c1-3-17-14(18)9-10-16-11-13(15(19)20-2)12-7-5-4-6-8-12/h4-8,13,16H,3,9-11H2,1-2H3,(H,17,18). The minimum Gasteiger partial charge on any atom is -0.469 e. The molecule has 0 saturated carbocycles. The molecule has 0 aliphatic rings. The number of hydrogen-bond acceptors (Lipinski definition) is 4. The summed E-state index contributed by atoms with van der Waals surface area (Å²) in [5.74, 6) is -0.619. The molecule has 1 amide bonds. The van der Waals surface area contributed by atoms with Crippen molar-refractivity contribution in [2.75, 3.05) is 26.7 Å². The van der Waals surface area contributed by atoms with Crippen LogP contribution in [-0.4, -0.2) is 38.6 Å². The molecular formula is C15H22N2O3. The van der Waals surface area contributed by atoms with Crippen LogP contribution in [0.3, 0.4) is 0 Å². The fraction of sp³-hybridized carbons (Fsp3) is 0.467. The summed E-state index contributed by atoms with van der Waals surface area (Å²) in [7, 11) is 1.38. The first-order valence-corrected chi connectivity index (χ1v) is 6.79. The predicted molar refractivity (Wildman–Crippen MR) is 77.4 cm³/mol. The van der Waals surface area contributed by atoms with E-state index in [1.165, 1.54) is 7.11 Å². The Kier molecular flexibility index (Phi) is 7.35. The van der Waals surface area contributed by atoms with Gasteiger partial charge in [-0.25, -0.2) is 0 Å². The number of methoxy groups -OCH3 is 1. The molecule has 0 fully saturated rings. The van der Waals surface area contributed by atoms with Crippen molar-refractivity contribution in [2.45, 2.75) is 19.3 Å². The number of ether oxygens (including phenoxy) is 1. The van der Waals surface area contributed by atoms with Crippen molar-refractivity contribution in [3.8, 4) is 0 Å². The van der Waals surface area contributed by atoms with E-state index in [9.17, 15) is 9.59 Å². The second-order valence-corrected chi connectivity index (χ2v) is 4.39. The fourth-order valence-electron chi connectivity index (χ4n) is 1.90. The quantitative estimate of drug-likeness (QED) is 0.551. The van der Waals surface area contributed by atoms with Gasteiger partial charge in [-0.3, -0.25) is 9.59 Å². The largest absolute Gasteiger partial charge is 0.469 e. The van der Waals surface area contributed by atoms with E-state index >= 15 is 0 Å². The van der Waals surface area contributed by atoms with Gasteiger partial charge in [0.1, 0.15) is 0 Å². The van der Waals surface area contributed by atoms with Gasteiger partial charge in [0.15, 0.2) is 0 Å². The lowest BCUT2D eigenvalue weighted by molar-refractivity contribution is -0.142. The van der Waals surface area contributed by atoms with Crippen molar-refractivity contribution in [1.29, 1.82) is 0 Å². The second kappa shape index (κ2) is 9.09. The van der Waals surface area contributed by atoms with Gasteiger partial charge >= 0.3 is 5.97 Å². The number of carbonyl (C=O) groups is 2. The van der Waals surface area contributed by atoms with Crippen LogP contribution < -0.4 is 10.6 Å². The van der Waals surface area contributed by atoms with Gasteiger partial charge in [-0.05, 0) is 12.5 Å². The number of nitrogens with one attached hydrogen (secondary N) is 2. The molecule has 1 unspecified atom stereocenters. The average molecular weight is 278 g/mol. The summed E-state index contributed by atoms with van der Waals surface area (Å²) in [6, 6.07) is 9.47. The Morgan fingerprint density at radius 3 is 2.55 bits per heavy atom. The van der Waals surface area contributed by atoms with Crippen molar-refractivity contribution < 1.29 is 14.3 Å². The van der Waals surface area contributed by atoms with Crippen molar-refractivity contribution >= 4 is 11.9 Å². The van der Waals surface area contributed by atoms with Crippen LogP contribution in [0.5, 0.6) is 0 Å². The lowest BCUT2D eigenvalue weighted by Crippen LogP contribution is -2.31. The summed E-state index contributed by atoms with van der Waals surface area (Å²) in [5.41, 5.74) is 0.907. The van der Waals surface area contributed by atoms with Crippen LogP contribution in [0.15, 0.2) is 30.3 Å². The zero-order valence-corrected chi connectivity index (χ0v) is 12.0. The van der Waals surface area contributed by atoms with E-state index in [0.717, 1.165) is 5.56 Å². The summed E-state index contributed by atoms with van der Waals surface area (Å²) in [4.78, 5) is 23.1. The molecule has 0 heterocycles. The van der Waals surface area contributed by atoms with Gasteiger partial charge < -0.3 is 15.4 Å². The lowest BCUT2D eigenvalue weighted by atomic mass is 9.99. The van der Waals surface area contributed by atoms with Crippen LogP contribution in [-0.2, 0) is 14.3 Å². The highest BCUT2D eigenvalue weighted by molar-refractivity contribution is 5.78. The molecule has 0 bridgehead atoms. The monoisotopic (exact) mass is 278 g/mol. The van der Waals surface area contributed by atoms with Gasteiger partial charge in [-0.15, -0.1) is 0 Å². The number of carbonyl (C=O) groups excluding carboxylic acids is 2. The molecule has 1 aromatic carbocycles. The van der Waals surface area contributed by atoms with Gasteiger partial charge in [-0.2, -0.15) is 0 Å². The lowest BCUT2D eigenvalue weighted by Gasteiger charge is -2.15. The van der Waals surface area contributed by atoms with E-state index in [0.29, 0.717) is 26.1 Å². The third-order valence-electron chi connectivity index (χ3n) is 2.94. The summed E-state index contributed by atoms with van der Waals surface area (Å²) in [5, 5.41) is 5.86. The zero-order valence-electron chi connectivity index (χ0n) is 12.0. The van der Waals surface area contributed by atoms with Crippen LogP contribution in [0.1, 0.15) is 24.8 Å². The van der Waals surface area contributed by atoms with E-state index in [4.69, 9.17) is 4.74 Å². The van der Waals surface area contributed by atoms with Crippen LogP contribution in [0, 0.1) is 0 Å². The molecule has 0 radical (unpaired) electrons. The van der Waals surface area contributed by atoms with Gasteiger partial charge in [0.05, 0.1) is 13.0 Å². The number of amides is 1. The summed E-state index contributed by atoms with van der Waals surface area (Å²) in [6.45, 7) is 3.50. The molecular weight excluding hydrogens is 256 g/mol. The fourth-order valence-corrected chi connectivity index (χ4v) is 1.90. The van der Waals surface area contributed by atoms with E-state index in [1.54, 1.807) is 0 Å². The summed E-state index contributed by atoms with van der Waals surface area (Å²) < 4.78 is 4.83. The van der Waals surface area contributed by atoms with E-state index in [2.05, 4.69) is 10.6 Å². The van der Waals surface area contributed by atoms with Crippen molar-refractivity contribution in [1.82, 2.24) is 10.6 Å². The van der Waals surface area contributed by atoms with Gasteiger partial charge in [0.25, 0.3) is 0 Å². The molecule has 0 aliphatic carbocycles. The first kappa shape index (κ1) is 16.2. The third-order valence-corrected chi connectivity index (χ3v) is 2.94. The van der Waals surface area contributed by atoms with Crippen LogP contribution in [0.4, 0.5) is 0 Å². The van der Waals surface area contributed by atoms with Crippen LogP contribution in [0.2, 0.25) is 0 Å². The Bertz CT molecular complexity index is 420. The average Bonchev–Trinajstić information content (AvgIpc) is 2.48. The Labute approximate surface area is 119 Å². The number of rotatable bonds is 8. The van der Waals surface area contributed by atoms with Gasteiger partial charge in [0.2, 0.25) is 5.91 Å². The molecule has 1 rings (SSSR count). The highest BCUT2D eigenvalue weighted by Gasteiger charge is 2.20. The Hall–Kier alpha value is -1.88. The molecule has 0 spiro atoms. The van der Waals surface area contributed by atoms with Crippen molar-refractivity contribution in [3.05, 3.63) is 35.9 Å². The van der Waals surface area contributed by atoms with E-state index in [-0.39, 0.29) is 17.8 Å². The molecule has 20 heavy (non-hydrogen) atoms. The molecule has 5 nitrogen and oxygen atoms in total. The molecule has 5 heteroatoms. The van der Waals surface area contributed by atoms with Crippen molar-refractivity contribution in [2.24, 2.45) is 0 Å². The summed E-state index contributed by atoms with van der Waals surface area (Å²) in [6.07, 6.45) is 0.399. The molecule has 2 N–H and O–H groups in total. The maximum absolute atomic E-state index is 11.8. The number of benzene rings is 1. The molecule has 110 valence electrons. The molecule has 1 aromatic rings. The Balaban J connectivity index is 2.47. The Morgan fingerprint density at radius 2 is 1.95 bits per heavy atom. The normalized spacial score (nSPS) is 11.7. The molecule has 0 aliphatic heterocycles. The Morgan fingerprint density at radius 1 is 1.25 bits per heavy atom. The van der Waals surface area contributed by atoms with Crippen LogP contribution in [0.25, 0.3) is 0 Å². The minimum absolute atomic E-state index is 0.00864. The minimum atomic E-state index is -0.351. The van der Waals surface area contributed by atoms with E-state index in [1.807, 2.05) is 37.3 Å². The first-order valence-electron chi connectivity index (χ1n) is 6.79. The number of hydrogen-bond donors (Lipinski definition) is 2. The van der Waals surface area contributed by atoms with Crippen LogP contribution >= 0.6 is 0 Å². The molecule has 0 saturated heterocycles. The van der Waals surface area contributed by atoms with Gasteiger partial charge in [0, 0.05) is 26.1 Å². The SMILES string of the molecule is CCNC(=O)CCNCC(C(=O)OC)c1ccccc1.